The van der Waals surface area contributed by atoms with Gasteiger partial charge in [0, 0.05) is 31.5 Å². The van der Waals surface area contributed by atoms with Crippen LogP contribution < -0.4 is 10.4 Å². The Hall–Kier alpha value is -1.18. The number of hydrogen-bond donors (Lipinski definition) is 0. The lowest BCUT2D eigenvalue weighted by Gasteiger charge is -2.32. The van der Waals surface area contributed by atoms with Crippen LogP contribution in [0.4, 0.5) is 5.95 Å². The number of ether oxygens (including phenoxy) is 1. The van der Waals surface area contributed by atoms with Gasteiger partial charge in [-0.05, 0) is 40.5 Å². The molecule has 6 nitrogen and oxygen atoms in total. The fraction of sp³-hybridized carbons (Fsp3) is 0.750. The van der Waals surface area contributed by atoms with E-state index in [-0.39, 0.29) is 11.2 Å². The van der Waals surface area contributed by atoms with Crippen LogP contribution in [-0.4, -0.2) is 54.6 Å². The molecule has 1 unspecified atom stereocenters. The highest BCUT2D eigenvalue weighted by Crippen LogP contribution is 2.36. The number of anilines is 1. The number of rotatable bonds is 4. The van der Waals surface area contributed by atoms with Crippen molar-refractivity contribution >= 4 is 18.5 Å². The van der Waals surface area contributed by atoms with Gasteiger partial charge in [-0.3, -0.25) is 0 Å². The first-order chi connectivity index (χ1) is 10.8. The Kier molecular flexibility index (Phi) is 4.38. The molecular weight excluding hydrogens is 293 g/mol. The van der Waals surface area contributed by atoms with Crippen LogP contribution in [0.5, 0.6) is 0 Å². The Morgan fingerprint density at radius 1 is 1.22 bits per heavy atom. The van der Waals surface area contributed by atoms with Gasteiger partial charge in [0.15, 0.2) is 0 Å². The van der Waals surface area contributed by atoms with Crippen molar-refractivity contribution in [1.82, 2.24) is 9.97 Å². The van der Waals surface area contributed by atoms with Crippen LogP contribution in [0.1, 0.15) is 40.5 Å². The number of methoxy groups -OCH3 is 1. The van der Waals surface area contributed by atoms with Gasteiger partial charge in [0.25, 0.3) is 0 Å². The van der Waals surface area contributed by atoms with E-state index in [2.05, 4.69) is 14.9 Å². The van der Waals surface area contributed by atoms with Gasteiger partial charge in [-0.1, -0.05) is 0 Å². The summed E-state index contributed by atoms with van der Waals surface area (Å²) in [7, 11) is 1.32. The van der Waals surface area contributed by atoms with Crippen LogP contribution in [0.15, 0.2) is 12.4 Å². The smallest absolute Gasteiger partial charge is 0.399 e. The molecule has 2 aliphatic heterocycles. The Bertz CT molecular complexity index is 534. The second kappa shape index (κ2) is 6.04. The third kappa shape index (κ3) is 3.10. The summed E-state index contributed by atoms with van der Waals surface area (Å²) >= 11 is 0. The zero-order valence-electron chi connectivity index (χ0n) is 14.7. The molecule has 23 heavy (non-hydrogen) atoms. The molecule has 0 amide bonds. The molecule has 0 spiro atoms. The Balaban J connectivity index is 1.73. The van der Waals surface area contributed by atoms with E-state index >= 15 is 0 Å². The standard InChI is InChI=1S/C16H26BN3O3/c1-15(2)16(3,4)23-17(22-15)12-9-18-14(19-10-12)20-8-6-7-13(20)11-21-5/h9-10,13H,6-8,11H2,1-5H3. The molecular formula is C16H26BN3O3. The highest BCUT2D eigenvalue weighted by atomic mass is 16.7. The summed E-state index contributed by atoms with van der Waals surface area (Å²) in [6.07, 6.45) is 5.89. The van der Waals surface area contributed by atoms with Crippen molar-refractivity contribution in [3.63, 3.8) is 0 Å². The lowest BCUT2D eigenvalue weighted by molar-refractivity contribution is 0.00578. The monoisotopic (exact) mass is 319 g/mol. The predicted molar refractivity (Wildman–Crippen MR) is 90.0 cm³/mol. The third-order valence-electron chi connectivity index (χ3n) is 5.18. The van der Waals surface area contributed by atoms with Crippen LogP contribution in [-0.2, 0) is 14.0 Å². The summed E-state index contributed by atoms with van der Waals surface area (Å²) in [5.41, 5.74) is 0.152. The van der Waals surface area contributed by atoms with E-state index in [0.29, 0.717) is 12.6 Å². The largest absolute Gasteiger partial charge is 0.498 e. The van der Waals surface area contributed by atoms with Gasteiger partial charge in [0.05, 0.1) is 23.9 Å². The van der Waals surface area contributed by atoms with Crippen LogP contribution >= 0.6 is 0 Å². The van der Waals surface area contributed by atoms with Gasteiger partial charge < -0.3 is 18.9 Å². The van der Waals surface area contributed by atoms with E-state index in [1.807, 2.05) is 40.1 Å². The minimum atomic E-state index is -0.414. The number of aromatic nitrogens is 2. The van der Waals surface area contributed by atoms with Gasteiger partial charge in [-0.25, -0.2) is 9.97 Å². The topological polar surface area (TPSA) is 56.7 Å². The van der Waals surface area contributed by atoms with E-state index in [1.165, 1.54) is 0 Å². The molecule has 0 N–H and O–H groups in total. The molecule has 0 saturated carbocycles. The van der Waals surface area contributed by atoms with Crippen LogP contribution in [0, 0.1) is 0 Å². The van der Waals surface area contributed by atoms with Crippen molar-refractivity contribution in [2.24, 2.45) is 0 Å². The average Bonchev–Trinajstić information content (AvgIpc) is 3.02. The lowest BCUT2D eigenvalue weighted by atomic mass is 9.81. The van der Waals surface area contributed by atoms with Crippen molar-refractivity contribution in [2.75, 3.05) is 25.2 Å². The highest BCUT2D eigenvalue weighted by Gasteiger charge is 2.52. The summed E-state index contributed by atoms with van der Waals surface area (Å²) in [5.74, 6) is 0.754. The van der Waals surface area contributed by atoms with Crippen molar-refractivity contribution < 1.29 is 14.0 Å². The number of nitrogens with zero attached hydrogens (tertiary/aromatic N) is 3. The maximum absolute atomic E-state index is 6.04. The van der Waals surface area contributed by atoms with E-state index in [0.717, 1.165) is 30.8 Å². The zero-order valence-corrected chi connectivity index (χ0v) is 14.7. The molecule has 1 atom stereocenters. The van der Waals surface area contributed by atoms with Crippen molar-refractivity contribution in [2.45, 2.75) is 57.8 Å². The Morgan fingerprint density at radius 3 is 2.39 bits per heavy atom. The first kappa shape index (κ1) is 16.7. The molecule has 2 aliphatic rings. The zero-order chi connectivity index (χ0) is 16.7. The van der Waals surface area contributed by atoms with E-state index < -0.39 is 7.12 Å². The van der Waals surface area contributed by atoms with E-state index in [1.54, 1.807) is 7.11 Å². The summed E-state index contributed by atoms with van der Waals surface area (Å²) in [6, 6.07) is 0.364. The molecule has 2 fully saturated rings. The Labute approximate surface area is 138 Å². The molecule has 3 rings (SSSR count). The molecule has 3 heterocycles. The predicted octanol–water partition coefficient (Wildman–Crippen LogP) is 1.39. The van der Waals surface area contributed by atoms with Gasteiger partial charge in [-0.2, -0.15) is 0 Å². The Morgan fingerprint density at radius 2 is 1.83 bits per heavy atom. The molecule has 0 bridgehead atoms. The minimum absolute atomic E-state index is 0.352. The fourth-order valence-corrected chi connectivity index (χ4v) is 3.05. The van der Waals surface area contributed by atoms with Crippen LogP contribution in [0.2, 0.25) is 0 Å². The van der Waals surface area contributed by atoms with E-state index in [9.17, 15) is 0 Å². The maximum Gasteiger partial charge on any atom is 0.498 e. The molecule has 7 heteroatoms. The SMILES string of the molecule is COCC1CCCN1c1ncc(B2OC(C)(C)C(C)(C)O2)cn1. The minimum Gasteiger partial charge on any atom is -0.399 e. The molecule has 126 valence electrons. The molecule has 1 aromatic rings. The number of hydrogen-bond acceptors (Lipinski definition) is 6. The second-order valence-electron chi connectivity index (χ2n) is 7.35. The molecule has 0 aromatic carbocycles. The van der Waals surface area contributed by atoms with Crippen molar-refractivity contribution in [1.29, 1.82) is 0 Å². The van der Waals surface area contributed by atoms with Crippen LogP contribution in [0.25, 0.3) is 0 Å². The fourth-order valence-electron chi connectivity index (χ4n) is 3.05. The average molecular weight is 319 g/mol. The maximum atomic E-state index is 6.04. The summed E-state index contributed by atoms with van der Waals surface area (Å²) in [4.78, 5) is 11.3. The highest BCUT2D eigenvalue weighted by molar-refractivity contribution is 6.61. The van der Waals surface area contributed by atoms with Crippen molar-refractivity contribution in [3.05, 3.63) is 12.4 Å². The quantitative estimate of drug-likeness (QED) is 0.782. The van der Waals surface area contributed by atoms with Gasteiger partial charge in [0.2, 0.25) is 5.95 Å². The second-order valence-corrected chi connectivity index (χ2v) is 7.35. The van der Waals surface area contributed by atoms with Gasteiger partial charge >= 0.3 is 7.12 Å². The third-order valence-corrected chi connectivity index (χ3v) is 5.18. The molecule has 0 radical (unpaired) electrons. The van der Waals surface area contributed by atoms with E-state index in [4.69, 9.17) is 14.0 Å². The summed E-state index contributed by atoms with van der Waals surface area (Å²) in [5, 5.41) is 0. The lowest BCUT2D eigenvalue weighted by Crippen LogP contribution is -2.41. The van der Waals surface area contributed by atoms with Gasteiger partial charge in [-0.15, -0.1) is 0 Å². The first-order valence-electron chi connectivity index (χ1n) is 8.27. The summed E-state index contributed by atoms with van der Waals surface area (Å²) < 4.78 is 17.4. The molecule has 2 saturated heterocycles. The first-order valence-corrected chi connectivity index (χ1v) is 8.27. The van der Waals surface area contributed by atoms with Crippen molar-refractivity contribution in [3.8, 4) is 0 Å². The summed E-state index contributed by atoms with van der Waals surface area (Å²) in [6.45, 7) is 9.86. The van der Waals surface area contributed by atoms with Gasteiger partial charge in [0.1, 0.15) is 0 Å². The molecule has 1 aromatic heterocycles. The molecule has 0 aliphatic carbocycles. The normalized spacial score (nSPS) is 26.0. The van der Waals surface area contributed by atoms with Crippen LogP contribution in [0.3, 0.4) is 0 Å².